The number of carbonyl (C=O) groups is 1. The summed E-state index contributed by atoms with van der Waals surface area (Å²) in [7, 11) is 0. The van der Waals surface area contributed by atoms with E-state index < -0.39 is 4.32 Å². The van der Waals surface area contributed by atoms with E-state index in [4.69, 9.17) is 11.6 Å². The first-order valence-corrected chi connectivity index (χ1v) is 7.81. The minimum atomic E-state index is -0.625. The number of fused-ring (bicyclic) bond motifs is 1. The van der Waals surface area contributed by atoms with Crippen LogP contribution in [0.25, 0.3) is 10.2 Å². The molecule has 96 valence electrons. The number of amides is 1. The minimum Gasteiger partial charge on any atom is -0.301 e. The Hall–Kier alpha value is -0.170. The van der Waals surface area contributed by atoms with Gasteiger partial charge in [0.15, 0.2) is 5.13 Å². The van der Waals surface area contributed by atoms with Gasteiger partial charge in [0.2, 0.25) is 5.91 Å². The molecular formula is C11H9Br2ClN2OS. The lowest BCUT2D eigenvalue weighted by Gasteiger charge is -2.13. The topological polar surface area (TPSA) is 42.0 Å². The zero-order valence-electron chi connectivity index (χ0n) is 9.55. The van der Waals surface area contributed by atoms with Gasteiger partial charge in [0, 0.05) is 9.50 Å². The molecule has 18 heavy (non-hydrogen) atoms. The summed E-state index contributed by atoms with van der Waals surface area (Å²) >= 11 is 14.1. The van der Waals surface area contributed by atoms with E-state index in [-0.39, 0.29) is 5.91 Å². The minimum absolute atomic E-state index is 0.135. The van der Waals surface area contributed by atoms with Crippen molar-refractivity contribution in [2.75, 3.05) is 5.32 Å². The standard InChI is InChI=1S/C11H9Br2ClN2OS/c1-11(2,13)9(17)16-10-15-8-6(12)3-5(14)4-7(8)18-10/h3-4H,1-2H3,(H,15,16,17). The molecule has 0 atom stereocenters. The molecule has 1 heterocycles. The number of benzene rings is 1. The lowest BCUT2D eigenvalue weighted by Crippen LogP contribution is -2.30. The molecule has 7 heteroatoms. The van der Waals surface area contributed by atoms with Gasteiger partial charge < -0.3 is 5.32 Å². The molecular weight excluding hydrogens is 403 g/mol. The van der Waals surface area contributed by atoms with Crippen LogP contribution >= 0.6 is 54.8 Å². The van der Waals surface area contributed by atoms with Crippen LogP contribution in [0.3, 0.4) is 0 Å². The molecule has 1 aromatic heterocycles. The summed E-state index contributed by atoms with van der Waals surface area (Å²) in [4.78, 5) is 16.2. The number of hydrogen-bond donors (Lipinski definition) is 1. The maximum Gasteiger partial charge on any atom is 0.242 e. The van der Waals surface area contributed by atoms with Crippen molar-refractivity contribution < 1.29 is 4.79 Å². The molecule has 1 aromatic carbocycles. The van der Waals surface area contributed by atoms with Crippen LogP contribution in [0.5, 0.6) is 0 Å². The lowest BCUT2D eigenvalue weighted by atomic mass is 10.2. The Balaban J connectivity index is 2.37. The van der Waals surface area contributed by atoms with E-state index in [1.54, 1.807) is 19.9 Å². The van der Waals surface area contributed by atoms with Crippen LogP contribution in [-0.2, 0) is 4.79 Å². The third-order valence-corrected chi connectivity index (χ3v) is 4.27. The Morgan fingerprint density at radius 3 is 2.78 bits per heavy atom. The van der Waals surface area contributed by atoms with Crippen molar-refractivity contribution in [1.82, 2.24) is 4.98 Å². The maximum atomic E-state index is 11.8. The van der Waals surface area contributed by atoms with Crippen LogP contribution in [0.15, 0.2) is 16.6 Å². The molecule has 2 aromatic rings. The van der Waals surface area contributed by atoms with Crippen LogP contribution in [0.1, 0.15) is 13.8 Å². The van der Waals surface area contributed by atoms with Crippen molar-refractivity contribution in [3.63, 3.8) is 0 Å². The first-order chi connectivity index (χ1) is 8.27. The third-order valence-electron chi connectivity index (χ3n) is 2.17. The van der Waals surface area contributed by atoms with Gasteiger partial charge in [-0.05, 0) is 41.9 Å². The molecule has 0 aliphatic heterocycles. The maximum absolute atomic E-state index is 11.8. The van der Waals surface area contributed by atoms with Gasteiger partial charge in [0.1, 0.15) is 0 Å². The van der Waals surface area contributed by atoms with E-state index >= 15 is 0 Å². The Labute approximate surface area is 130 Å². The Kier molecular flexibility index (Phi) is 4.02. The average Bonchev–Trinajstić information content (AvgIpc) is 2.58. The van der Waals surface area contributed by atoms with Crippen LogP contribution < -0.4 is 5.32 Å². The van der Waals surface area contributed by atoms with E-state index in [0.717, 1.165) is 14.7 Å². The molecule has 2 rings (SSSR count). The van der Waals surface area contributed by atoms with Gasteiger partial charge in [-0.3, -0.25) is 4.79 Å². The van der Waals surface area contributed by atoms with Crippen molar-refractivity contribution >= 4 is 76.1 Å². The SMILES string of the molecule is CC(C)(Br)C(=O)Nc1nc2c(Br)cc(Cl)cc2s1. The van der Waals surface area contributed by atoms with Gasteiger partial charge in [0.25, 0.3) is 0 Å². The third kappa shape index (κ3) is 3.04. The summed E-state index contributed by atoms with van der Waals surface area (Å²) in [6.07, 6.45) is 0. The van der Waals surface area contributed by atoms with Crippen LogP contribution in [0, 0.1) is 0 Å². The molecule has 0 spiro atoms. The fraction of sp³-hybridized carbons (Fsp3) is 0.273. The van der Waals surface area contributed by atoms with Crippen molar-refractivity contribution in [2.45, 2.75) is 18.2 Å². The molecule has 0 fully saturated rings. The lowest BCUT2D eigenvalue weighted by molar-refractivity contribution is -0.117. The van der Waals surface area contributed by atoms with E-state index in [2.05, 4.69) is 42.2 Å². The van der Waals surface area contributed by atoms with Crippen LogP contribution in [0.2, 0.25) is 5.02 Å². The van der Waals surface area contributed by atoms with Crippen molar-refractivity contribution in [3.05, 3.63) is 21.6 Å². The number of rotatable bonds is 2. The number of anilines is 1. The highest BCUT2D eigenvalue weighted by Gasteiger charge is 2.24. The molecule has 0 aliphatic carbocycles. The Morgan fingerprint density at radius 1 is 1.50 bits per heavy atom. The predicted molar refractivity (Wildman–Crippen MR) is 84.0 cm³/mol. The van der Waals surface area contributed by atoms with E-state index in [9.17, 15) is 4.79 Å². The smallest absolute Gasteiger partial charge is 0.242 e. The second kappa shape index (κ2) is 5.07. The normalized spacial score (nSPS) is 11.8. The number of carbonyl (C=O) groups excluding carboxylic acids is 1. The second-order valence-corrected chi connectivity index (χ2v) is 8.48. The zero-order valence-corrected chi connectivity index (χ0v) is 14.3. The highest BCUT2D eigenvalue weighted by Crippen LogP contribution is 2.34. The first-order valence-electron chi connectivity index (χ1n) is 5.03. The van der Waals surface area contributed by atoms with Crippen molar-refractivity contribution in [1.29, 1.82) is 0 Å². The number of hydrogen-bond acceptors (Lipinski definition) is 3. The summed E-state index contributed by atoms with van der Waals surface area (Å²) in [5, 5.41) is 3.97. The quantitative estimate of drug-likeness (QED) is 0.719. The summed E-state index contributed by atoms with van der Waals surface area (Å²) < 4.78 is 1.12. The van der Waals surface area contributed by atoms with E-state index in [1.807, 2.05) is 6.07 Å². The van der Waals surface area contributed by atoms with Crippen LogP contribution in [-0.4, -0.2) is 15.2 Å². The molecule has 0 radical (unpaired) electrons. The molecule has 1 N–H and O–H groups in total. The Bertz CT molecular complexity index is 621. The number of nitrogens with zero attached hydrogens (tertiary/aromatic N) is 1. The predicted octanol–water partition coefficient (Wildman–Crippen LogP) is 4.82. The number of thiazole rings is 1. The van der Waals surface area contributed by atoms with Crippen molar-refractivity contribution in [2.24, 2.45) is 0 Å². The van der Waals surface area contributed by atoms with Gasteiger partial charge in [-0.15, -0.1) is 0 Å². The molecule has 3 nitrogen and oxygen atoms in total. The number of aromatic nitrogens is 1. The first kappa shape index (κ1) is 14.2. The fourth-order valence-electron chi connectivity index (χ4n) is 1.26. The molecule has 0 unspecified atom stereocenters. The Morgan fingerprint density at radius 2 is 2.17 bits per heavy atom. The summed E-state index contributed by atoms with van der Waals surface area (Å²) in [6.45, 7) is 3.56. The van der Waals surface area contributed by atoms with Gasteiger partial charge in [0.05, 0.1) is 14.5 Å². The van der Waals surface area contributed by atoms with E-state index in [1.165, 1.54) is 11.3 Å². The van der Waals surface area contributed by atoms with E-state index in [0.29, 0.717) is 10.2 Å². The number of halogens is 3. The number of alkyl halides is 1. The molecule has 0 saturated carbocycles. The monoisotopic (exact) mass is 410 g/mol. The van der Waals surface area contributed by atoms with Gasteiger partial charge in [-0.2, -0.15) is 0 Å². The molecule has 1 amide bonds. The largest absolute Gasteiger partial charge is 0.301 e. The van der Waals surface area contributed by atoms with Gasteiger partial charge in [-0.1, -0.05) is 38.9 Å². The number of nitrogens with one attached hydrogen (secondary N) is 1. The highest BCUT2D eigenvalue weighted by atomic mass is 79.9. The second-order valence-electron chi connectivity index (χ2n) is 4.18. The summed E-state index contributed by atoms with van der Waals surface area (Å²) in [5.41, 5.74) is 0.798. The average molecular weight is 413 g/mol. The fourth-order valence-corrected chi connectivity index (χ4v) is 3.38. The van der Waals surface area contributed by atoms with Crippen LogP contribution in [0.4, 0.5) is 5.13 Å². The van der Waals surface area contributed by atoms with Crippen molar-refractivity contribution in [3.8, 4) is 0 Å². The summed E-state index contributed by atoms with van der Waals surface area (Å²) in [6, 6.07) is 3.61. The van der Waals surface area contributed by atoms with Gasteiger partial charge in [-0.25, -0.2) is 4.98 Å². The zero-order chi connectivity index (χ0) is 13.5. The summed E-state index contributed by atoms with van der Waals surface area (Å²) in [5.74, 6) is -0.135. The molecule has 0 bridgehead atoms. The highest BCUT2D eigenvalue weighted by molar-refractivity contribution is 9.10. The molecule has 0 saturated heterocycles. The van der Waals surface area contributed by atoms with Gasteiger partial charge >= 0.3 is 0 Å². The molecule has 0 aliphatic rings.